The molecule has 3 nitrogen and oxygen atoms in total. The fourth-order valence-electron chi connectivity index (χ4n) is 2.42. The molecule has 0 saturated heterocycles. The van der Waals surface area contributed by atoms with Gasteiger partial charge in [0.05, 0.1) is 0 Å². The topological polar surface area (TPSA) is 47.6 Å². The van der Waals surface area contributed by atoms with Crippen LogP contribution in [0.5, 0.6) is 0 Å². The summed E-state index contributed by atoms with van der Waals surface area (Å²) in [5, 5.41) is 0. The van der Waals surface area contributed by atoms with Gasteiger partial charge in [-0.3, -0.25) is 4.99 Å². The molecule has 0 amide bonds. The van der Waals surface area contributed by atoms with Crippen LogP contribution in [0.2, 0.25) is 0 Å². The summed E-state index contributed by atoms with van der Waals surface area (Å²) in [4.78, 5) is 4.11. The average Bonchev–Trinajstić information content (AvgIpc) is 2.17. The Hall–Kier alpha value is -0.570. The maximum absolute atomic E-state index is 5.96. The van der Waals surface area contributed by atoms with Gasteiger partial charge in [0.25, 0.3) is 0 Å². The van der Waals surface area contributed by atoms with Crippen LogP contribution in [0.3, 0.4) is 0 Å². The van der Waals surface area contributed by atoms with Crippen molar-refractivity contribution >= 4 is 5.84 Å². The molecule has 0 aromatic heterocycles. The highest BCUT2D eigenvalue weighted by Gasteiger charge is 2.38. The van der Waals surface area contributed by atoms with Gasteiger partial charge in [0.2, 0.25) is 0 Å². The van der Waals surface area contributed by atoms with E-state index in [-0.39, 0.29) is 5.60 Å². The first-order chi connectivity index (χ1) is 6.64. The predicted octanol–water partition coefficient (Wildman–Crippen LogP) is 1.96. The molecule has 0 spiro atoms. The van der Waals surface area contributed by atoms with E-state index in [9.17, 15) is 0 Å². The van der Waals surface area contributed by atoms with Crippen molar-refractivity contribution < 1.29 is 4.74 Å². The number of aliphatic imine (C=N–C) groups is 1. The minimum atomic E-state index is -0.263. The van der Waals surface area contributed by atoms with Crippen LogP contribution >= 0.6 is 0 Å². The molecule has 3 heteroatoms. The van der Waals surface area contributed by atoms with Crippen molar-refractivity contribution in [3.63, 3.8) is 0 Å². The number of hydrogen-bond acceptors (Lipinski definition) is 2. The summed E-state index contributed by atoms with van der Waals surface area (Å²) in [6, 6.07) is 0. The maximum Gasteiger partial charge on any atom is 0.126 e. The van der Waals surface area contributed by atoms with Gasteiger partial charge in [-0.1, -0.05) is 13.3 Å². The zero-order valence-corrected chi connectivity index (χ0v) is 9.55. The van der Waals surface area contributed by atoms with Crippen LogP contribution in [0.25, 0.3) is 0 Å². The van der Waals surface area contributed by atoms with Crippen LogP contribution in [0.15, 0.2) is 4.99 Å². The van der Waals surface area contributed by atoms with Crippen molar-refractivity contribution in [1.29, 1.82) is 0 Å². The summed E-state index contributed by atoms with van der Waals surface area (Å²) >= 11 is 0. The van der Waals surface area contributed by atoms with Crippen LogP contribution in [-0.4, -0.2) is 25.1 Å². The molecule has 1 aliphatic carbocycles. The molecule has 1 saturated carbocycles. The summed E-state index contributed by atoms with van der Waals surface area (Å²) in [7, 11) is 1.75. The molecule has 2 N–H and O–H groups in total. The minimum absolute atomic E-state index is 0.263. The van der Waals surface area contributed by atoms with Gasteiger partial charge >= 0.3 is 0 Å². The van der Waals surface area contributed by atoms with E-state index in [0.29, 0.717) is 18.4 Å². The molecular formula is C11H22N2O. The number of nitrogens with zero attached hydrogens (tertiary/aromatic N) is 1. The van der Waals surface area contributed by atoms with Gasteiger partial charge in [-0.25, -0.2) is 0 Å². The normalized spacial score (nSPS) is 34.5. The molecular weight excluding hydrogens is 176 g/mol. The van der Waals surface area contributed by atoms with Gasteiger partial charge < -0.3 is 10.5 Å². The molecule has 0 aromatic carbocycles. The SMILES string of the molecule is CCOC1(C(N)=NC)CCCC(C)C1. The van der Waals surface area contributed by atoms with Crippen LogP contribution < -0.4 is 5.73 Å². The quantitative estimate of drug-likeness (QED) is 0.556. The zero-order valence-electron chi connectivity index (χ0n) is 9.55. The molecule has 2 atom stereocenters. The molecule has 2 unspecified atom stereocenters. The molecule has 1 fully saturated rings. The van der Waals surface area contributed by atoms with Crippen molar-refractivity contribution in [2.75, 3.05) is 13.7 Å². The Kier molecular flexibility index (Phi) is 3.93. The third kappa shape index (κ3) is 2.27. The highest BCUT2D eigenvalue weighted by molar-refractivity contribution is 5.89. The first-order valence-corrected chi connectivity index (χ1v) is 5.51. The molecule has 14 heavy (non-hydrogen) atoms. The van der Waals surface area contributed by atoms with Gasteiger partial charge in [-0.2, -0.15) is 0 Å². The fraction of sp³-hybridized carbons (Fsp3) is 0.909. The predicted molar refractivity (Wildman–Crippen MR) is 59.5 cm³/mol. The summed E-state index contributed by atoms with van der Waals surface area (Å²) in [5.41, 5.74) is 5.69. The van der Waals surface area contributed by atoms with E-state index in [4.69, 9.17) is 10.5 Å². The Balaban J connectivity index is 2.79. The van der Waals surface area contributed by atoms with Crippen LogP contribution in [0, 0.1) is 5.92 Å². The molecule has 82 valence electrons. The molecule has 0 bridgehead atoms. The monoisotopic (exact) mass is 198 g/mol. The number of nitrogens with two attached hydrogens (primary N) is 1. The molecule has 0 heterocycles. The van der Waals surface area contributed by atoms with Gasteiger partial charge in [0, 0.05) is 13.7 Å². The Bertz CT molecular complexity index is 211. The van der Waals surface area contributed by atoms with Crippen molar-refractivity contribution in [2.45, 2.75) is 45.1 Å². The minimum Gasteiger partial charge on any atom is -0.385 e. The van der Waals surface area contributed by atoms with Gasteiger partial charge in [0.1, 0.15) is 11.4 Å². The lowest BCUT2D eigenvalue weighted by Crippen LogP contribution is -2.49. The number of amidine groups is 1. The lowest BCUT2D eigenvalue weighted by molar-refractivity contribution is -0.0245. The molecule has 1 aliphatic rings. The second-order valence-corrected chi connectivity index (χ2v) is 4.24. The van der Waals surface area contributed by atoms with E-state index in [0.717, 1.165) is 12.8 Å². The van der Waals surface area contributed by atoms with Gasteiger partial charge in [0.15, 0.2) is 0 Å². The van der Waals surface area contributed by atoms with Gasteiger partial charge in [-0.05, 0) is 32.1 Å². The Morgan fingerprint density at radius 3 is 2.86 bits per heavy atom. The third-order valence-electron chi connectivity index (χ3n) is 3.08. The van der Waals surface area contributed by atoms with E-state index in [1.807, 2.05) is 6.92 Å². The van der Waals surface area contributed by atoms with Crippen molar-refractivity contribution in [1.82, 2.24) is 0 Å². The summed E-state index contributed by atoms with van der Waals surface area (Å²) < 4.78 is 5.84. The maximum atomic E-state index is 5.96. The summed E-state index contributed by atoms with van der Waals surface area (Å²) in [6.45, 7) is 4.99. The first-order valence-electron chi connectivity index (χ1n) is 5.51. The van der Waals surface area contributed by atoms with E-state index >= 15 is 0 Å². The second-order valence-electron chi connectivity index (χ2n) is 4.24. The molecule has 0 aliphatic heterocycles. The van der Waals surface area contributed by atoms with Gasteiger partial charge in [-0.15, -0.1) is 0 Å². The number of ether oxygens (including phenoxy) is 1. The van der Waals surface area contributed by atoms with Crippen molar-refractivity contribution in [3.8, 4) is 0 Å². The Morgan fingerprint density at radius 2 is 2.36 bits per heavy atom. The lowest BCUT2D eigenvalue weighted by Gasteiger charge is -2.39. The highest BCUT2D eigenvalue weighted by Crippen LogP contribution is 2.35. The standard InChI is InChI=1S/C11H22N2O/c1-4-14-11(10(12)13-3)7-5-6-9(2)8-11/h9H,4-8H2,1-3H3,(H2,12,13). The first kappa shape index (κ1) is 11.5. The Morgan fingerprint density at radius 1 is 1.64 bits per heavy atom. The largest absolute Gasteiger partial charge is 0.385 e. The van der Waals surface area contributed by atoms with E-state index < -0.39 is 0 Å². The Labute approximate surface area is 86.7 Å². The molecule has 1 rings (SSSR count). The van der Waals surface area contributed by atoms with Crippen LogP contribution in [0.4, 0.5) is 0 Å². The average molecular weight is 198 g/mol. The summed E-state index contributed by atoms with van der Waals surface area (Å²) in [5.74, 6) is 1.36. The van der Waals surface area contributed by atoms with Crippen LogP contribution in [0.1, 0.15) is 39.5 Å². The summed E-state index contributed by atoms with van der Waals surface area (Å²) in [6.07, 6.45) is 4.52. The molecule has 0 aromatic rings. The van der Waals surface area contributed by atoms with E-state index in [2.05, 4.69) is 11.9 Å². The van der Waals surface area contributed by atoms with Crippen molar-refractivity contribution in [3.05, 3.63) is 0 Å². The zero-order chi connectivity index (χ0) is 10.6. The van der Waals surface area contributed by atoms with Crippen molar-refractivity contribution in [2.24, 2.45) is 16.6 Å². The third-order valence-corrected chi connectivity index (χ3v) is 3.08. The van der Waals surface area contributed by atoms with E-state index in [1.54, 1.807) is 7.05 Å². The lowest BCUT2D eigenvalue weighted by atomic mass is 9.78. The highest BCUT2D eigenvalue weighted by atomic mass is 16.5. The second kappa shape index (κ2) is 4.78. The number of hydrogen-bond donors (Lipinski definition) is 1. The van der Waals surface area contributed by atoms with Crippen LogP contribution in [-0.2, 0) is 4.74 Å². The molecule has 0 radical (unpaired) electrons. The fourth-order valence-corrected chi connectivity index (χ4v) is 2.42. The number of rotatable bonds is 3. The smallest absolute Gasteiger partial charge is 0.126 e. The van der Waals surface area contributed by atoms with E-state index in [1.165, 1.54) is 12.8 Å².